The van der Waals surface area contributed by atoms with Crippen LogP contribution in [0.2, 0.25) is 0 Å². The Hall–Kier alpha value is -1.53. The molecule has 0 saturated carbocycles. The number of rotatable bonds is 2. The zero-order chi connectivity index (χ0) is 13.6. The lowest BCUT2D eigenvalue weighted by molar-refractivity contribution is 0.586. The van der Waals surface area contributed by atoms with Crippen LogP contribution in [-0.2, 0) is 16.4 Å². The molecule has 2 heterocycles. The molecule has 0 saturated heterocycles. The summed E-state index contributed by atoms with van der Waals surface area (Å²) >= 11 is 1.24. The van der Waals surface area contributed by atoms with Gasteiger partial charge in [-0.05, 0) is 48.6 Å². The van der Waals surface area contributed by atoms with Crippen molar-refractivity contribution in [2.45, 2.75) is 23.6 Å². The Balaban J connectivity index is 2.13. The predicted octanol–water partition coefficient (Wildman–Crippen LogP) is 2.47. The third-order valence-corrected chi connectivity index (χ3v) is 6.57. The van der Waals surface area contributed by atoms with Gasteiger partial charge in [-0.3, -0.25) is 4.31 Å². The highest BCUT2D eigenvalue weighted by Gasteiger charge is 2.36. The molecule has 0 spiro atoms. The third kappa shape index (κ3) is 1.91. The van der Waals surface area contributed by atoms with Crippen LogP contribution < -0.4 is 10.0 Å². The van der Waals surface area contributed by atoms with Gasteiger partial charge in [0.15, 0.2) is 0 Å². The van der Waals surface area contributed by atoms with Crippen molar-refractivity contribution in [3.05, 3.63) is 41.3 Å². The van der Waals surface area contributed by atoms with E-state index in [2.05, 4.69) is 0 Å². The Morgan fingerprint density at radius 3 is 2.84 bits per heavy atom. The molecule has 3 rings (SSSR count). The van der Waals surface area contributed by atoms with Gasteiger partial charge in [-0.25, -0.2) is 8.42 Å². The molecule has 4 nitrogen and oxygen atoms in total. The summed E-state index contributed by atoms with van der Waals surface area (Å²) in [7, 11) is -3.46. The van der Waals surface area contributed by atoms with Gasteiger partial charge in [0.1, 0.15) is 4.21 Å². The lowest BCUT2D eigenvalue weighted by Gasteiger charge is -2.23. The molecule has 0 aliphatic carbocycles. The Bertz CT molecular complexity index is 708. The lowest BCUT2D eigenvalue weighted by Crippen LogP contribution is -2.35. The second kappa shape index (κ2) is 4.25. The number of hydrogen-bond acceptors (Lipinski definition) is 4. The SMILES string of the molecule is CC1Cc2cc(N)ccc2N1S(=O)(=O)c1cccs1. The van der Waals surface area contributed by atoms with E-state index in [1.165, 1.54) is 15.6 Å². The van der Waals surface area contributed by atoms with Crippen molar-refractivity contribution < 1.29 is 8.42 Å². The fraction of sp³-hybridized carbons (Fsp3) is 0.231. The molecule has 0 radical (unpaired) electrons. The average molecular weight is 294 g/mol. The number of benzene rings is 1. The summed E-state index contributed by atoms with van der Waals surface area (Å²) in [5.41, 5.74) is 8.17. The van der Waals surface area contributed by atoms with Gasteiger partial charge in [0, 0.05) is 11.7 Å². The van der Waals surface area contributed by atoms with Crippen molar-refractivity contribution in [2.24, 2.45) is 0 Å². The highest BCUT2D eigenvalue weighted by atomic mass is 32.2. The molecular formula is C13H14N2O2S2. The van der Waals surface area contributed by atoms with Gasteiger partial charge in [-0.15, -0.1) is 11.3 Å². The van der Waals surface area contributed by atoms with Gasteiger partial charge in [-0.2, -0.15) is 0 Å². The van der Waals surface area contributed by atoms with Crippen LogP contribution in [0, 0.1) is 0 Å². The van der Waals surface area contributed by atoms with Crippen molar-refractivity contribution in [3.63, 3.8) is 0 Å². The zero-order valence-corrected chi connectivity index (χ0v) is 12.0. The number of nitrogen functional groups attached to an aromatic ring is 1. The van der Waals surface area contributed by atoms with Gasteiger partial charge in [0.05, 0.1) is 5.69 Å². The summed E-state index contributed by atoms with van der Waals surface area (Å²) < 4.78 is 27.2. The number of anilines is 2. The predicted molar refractivity (Wildman–Crippen MR) is 78.0 cm³/mol. The third-order valence-electron chi connectivity index (χ3n) is 3.26. The van der Waals surface area contributed by atoms with Gasteiger partial charge in [-0.1, -0.05) is 6.07 Å². The molecule has 0 fully saturated rings. The van der Waals surface area contributed by atoms with E-state index in [1.807, 2.05) is 13.0 Å². The summed E-state index contributed by atoms with van der Waals surface area (Å²) in [6, 6.07) is 8.71. The first kappa shape index (κ1) is 12.5. The average Bonchev–Trinajstić information content (AvgIpc) is 2.94. The van der Waals surface area contributed by atoms with Gasteiger partial charge in [0.25, 0.3) is 10.0 Å². The molecule has 1 aromatic heterocycles. The molecule has 0 amide bonds. The first-order valence-electron chi connectivity index (χ1n) is 5.96. The van der Waals surface area contributed by atoms with E-state index in [9.17, 15) is 8.42 Å². The molecule has 100 valence electrons. The van der Waals surface area contributed by atoms with E-state index in [4.69, 9.17) is 5.73 Å². The minimum Gasteiger partial charge on any atom is -0.399 e. The van der Waals surface area contributed by atoms with Gasteiger partial charge >= 0.3 is 0 Å². The van der Waals surface area contributed by atoms with Crippen LogP contribution in [0.3, 0.4) is 0 Å². The number of nitrogens with zero attached hydrogens (tertiary/aromatic N) is 1. The minimum absolute atomic E-state index is 0.0797. The first-order chi connectivity index (χ1) is 9.00. The molecule has 2 aromatic rings. The standard InChI is InChI=1S/C13H14N2O2S2/c1-9-7-10-8-11(14)4-5-12(10)15(9)19(16,17)13-3-2-6-18-13/h2-6,8-9H,7,14H2,1H3. The molecule has 1 unspecified atom stereocenters. The van der Waals surface area contributed by atoms with E-state index in [0.717, 1.165) is 11.3 Å². The highest BCUT2D eigenvalue weighted by Crippen LogP contribution is 2.38. The molecule has 0 bridgehead atoms. The number of fused-ring (bicyclic) bond motifs is 1. The molecule has 1 atom stereocenters. The van der Waals surface area contributed by atoms with E-state index >= 15 is 0 Å². The van der Waals surface area contributed by atoms with Crippen LogP contribution in [-0.4, -0.2) is 14.5 Å². The monoisotopic (exact) mass is 294 g/mol. The summed E-state index contributed by atoms with van der Waals surface area (Å²) in [6.07, 6.45) is 0.699. The van der Waals surface area contributed by atoms with Crippen molar-refractivity contribution in [1.82, 2.24) is 0 Å². The number of hydrogen-bond donors (Lipinski definition) is 1. The van der Waals surface area contributed by atoms with Crippen molar-refractivity contribution >= 4 is 32.7 Å². The zero-order valence-electron chi connectivity index (χ0n) is 10.4. The van der Waals surface area contributed by atoms with Crippen LogP contribution in [0.25, 0.3) is 0 Å². The molecule has 1 aromatic carbocycles. The summed E-state index contributed by atoms with van der Waals surface area (Å²) in [5, 5.41) is 1.78. The summed E-state index contributed by atoms with van der Waals surface area (Å²) in [6.45, 7) is 1.92. The largest absolute Gasteiger partial charge is 0.399 e. The van der Waals surface area contributed by atoms with Gasteiger partial charge < -0.3 is 5.73 Å². The molecule has 2 N–H and O–H groups in total. The highest BCUT2D eigenvalue weighted by molar-refractivity contribution is 7.94. The molecular weight excluding hydrogens is 280 g/mol. The van der Waals surface area contributed by atoms with E-state index in [-0.39, 0.29) is 6.04 Å². The topological polar surface area (TPSA) is 63.4 Å². The Morgan fingerprint density at radius 2 is 2.16 bits per heavy atom. The van der Waals surface area contributed by atoms with Crippen molar-refractivity contribution in [1.29, 1.82) is 0 Å². The molecule has 1 aliphatic rings. The Kier molecular flexibility index (Phi) is 2.79. The maximum absolute atomic E-state index is 12.7. The summed E-state index contributed by atoms with van der Waals surface area (Å²) in [5.74, 6) is 0. The quantitative estimate of drug-likeness (QED) is 0.865. The van der Waals surface area contributed by atoms with Crippen LogP contribution in [0.15, 0.2) is 39.9 Å². The number of sulfonamides is 1. The second-order valence-corrected chi connectivity index (χ2v) is 7.66. The lowest BCUT2D eigenvalue weighted by atomic mass is 10.1. The fourth-order valence-electron chi connectivity index (χ4n) is 2.50. The first-order valence-corrected chi connectivity index (χ1v) is 8.28. The maximum atomic E-state index is 12.7. The van der Waals surface area contributed by atoms with Crippen LogP contribution in [0.5, 0.6) is 0 Å². The molecule has 19 heavy (non-hydrogen) atoms. The van der Waals surface area contributed by atoms with E-state index < -0.39 is 10.0 Å². The molecule has 1 aliphatic heterocycles. The van der Waals surface area contributed by atoms with E-state index in [1.54, 1.807) is 29.6 Å². The van der Waals surface area contributed by atoms with Crippen LogP contribution in [0.1, 0.15) is 12.5 Å². The summed E-state index contributed by atoms with van der Waals surface area (Å²) in [4.78, 5) is 0. The smallest absolute Gasteiger partial charge is 0.274 e. The van der Waals surface area contributed by atoms with Gasteiger partial charge in [0.2, 0.25) is 0 Å². The number of nitrogens with two attached hydrogens (primary N) is 1. The van der Waals surface area contributed by atoms with Crippen LogP contribution in [0.4, 0.5) is 11.4 Å². The maximum Gasteiger partial charge on any atom is 0.274 e. The normalized spacial score (nSPS) is 18.6. The fourth-order valence-corrected chi connectivity index (χ4v) is 5.27. The van der Waals surface area contributed by atoms with Crippen molar-refractivity contribution in [3.8, 4) is 0 Å². The van der Waals surface area contributed by atoms with E-state index in [0.29, 0.717) is 16.3 Å². The minimum atomic E-state index is -3.46. The van der Waals surface area contributed by atoms with Crippen LogP contribution >= 0.6 is 11.3 Å². The Morgan fingerprint density at radius 1 is 1.37 bits per heavy atom. The second-order valence-electron chi connectivity index (χ2n) is 4.67. The molecule has 6 heteroatoms. The Labute approximate surface area is 116 Å². The number of thiophene rings is 1. The van der Waals surface area contributed by atoms with Crippen molar-refractivity contribution in [2.75, 3.05) is 10.0 Å².